The summed E-state index contributed by atoms with van der Waals surface area (Å²) in [5.41, 5.74) is 0. The summed E-state index contributed by atoms with van der Waals surface area (Å²) in [6.45, 7) is 0. The van der Waals surface area contributed by atoms with Crippen molar-refractivity contribution >= 4 is 6.22 Å². The predicted molar refractivity (Wildman–Crippen MR) is 28.5 cm³/mol. The Hall–Kier alpha value is -1.23. The summed E-state index contributed by atoms with van der Waals surface area (Å²) in [4.78, 5) is 9.25. The van der Waals surface area contributed by atoms with Gasteiger partial charge >= 0.3 is 30.4 Å². The van der Waals surface area contributed by atoms with Gasteiger partial charge in [-0.1, -0.05) is 0 Å². The summed E-state index contributed by atoms with van der Waals surface area (Å²) < 4.78 is 120. The third kappa shape index (κ3) is 2.54. The van der Waals surface area contributed by atoms with Crippen LogP contribution < -0.4 is 0 Å². The second-order valence-electron chi connectivity index (χ2n) is 2.50. The fourth-order valence-electron chi connectivity index (χ4n) is 0.526. The van der Waals surface area contributed by atoms with Crippen molar-refractivity contribution in [3.8, 4) is 0 Å². The van der Waals surface area contributed by atoms with E-state index in [9.17, 15) is 48.7 Å². The van der Waals surface area contributed by atoms with Crippen molar-refractivity contribution in [1.29, 1.82) is 0 Å². The van der Waals surface area contributed by atoms with E-state index in [0.29, 0.717) is 0 Å². The fraction of sp³-hybridized carbons (Fsp3) is 0.800. The third-order valence-corrected chi connectivity index (χ3v) is 1.32. The number of hydrogen-bond acceptors (Lipinski definition) is 2. The van der Waals surface area contributed by atoms with E-state index in [1.165, 1.54) is 0 Å². The molecule has 0 aromatic rings. The van der Waals surface area contributed by atoms with Gasteiger partial charge < -0.3 is 4.74 Å². The minimum absolute atomic E-state index is 1.82. The highest BCUT2D eigenvalue weighted by Crippen LogP contribution is 2.53. The van der Waals surface area contributed by atoms with Crippen LogP contribution in [0.1, 0.15) is 0 Å². The Kier molecular flexibility index (Phi) is 3.63. The lowest BCUT2D eigenvalue weighted by molar-refractivity contribution is -0.434. The molecule has 0 radical (unpaired) electrons. The van der Waals surface area contributed by atoms with E-state index in [1.807, 2.05) is 4.74 Å². The minimum Gasteiger partial charge on any atom is -0.370 e. The van der Waals surface area contributed by atoms with Gasteiger partial charge in [-0.15, -0.1) is 4.39 Å². The Morgan fingerprint density at radius 2 is 1.12 bits per heavy atom. The van der Waals surface area contributed by atoms with E-state index in [2.05, 4.69) is 0 Å². The van der Waals surface area contributed by atoms with Crippen molar-refractivity contribution in [3.05, 3.63) is 0 Å². The van der Waals surface area contributed by atoms with Gasteiger partial charge in [0.15, 0.2) is 0 Å². The predicted octanol–water partition coefficient (Wildman–Crippen LogP) is 3.52. The molecule has 12 heteroatoms. The summed E-state index contributed by atoms with van der Waals surface area (Å²) in [6.07, 6.45) is -17.4. The van der Waals surface area contributed by atoms with Crippen LogP contribution in [0.5, 0.6) is 0 Å². The first-order valence-electron chi connectivity index (χ1n) is 3.25. The first-order chi connectivity index (χ1) is 7.17. The van der Waals surface area contributed by atoms with Crippen molar-refractivity contribution < 1.29 is 53.4 Å². The summed E-state index contributed by atoms with van der Waals surface area (Å²) in [6, 6.07) is 0. The van der Waals surface area contributed by atoms with Crippen LogP contribution in [0, 0.1) is 0 Å². The van der Waals surface area contributed by atoms with Crippen LogP contribution in [0.4, 0.5) is 48.7 Å². The Balaban J connectivity index is 5.47. The molecule has 0 atom stereocenters. The van der Waals surface area contributed by atoms with Gasteiger partial charge in [-0.3, -0.25) is 0 Å². The maximum atomic E-state index is 12.2. The maximum Gasteiger partial charge on any atom is 0.500 e. The lowest BCUT2D eigenvalue weighted by Gasteiger charge is -2.31. The number of hydrogen-bond donors (Lipinski definition) is 0. The quantitative estimate of drug-likeness (QED) is 0.584. The van der Waals surface area contributed by atoms with Crippen molar-refractivity contribution in [2.75, 3.05) is 0 Å². The molecule has 0 saturated heterocycles. The molecule has 0 unspecified atom stereocenters. The molecule has 0 amide bonds. The van der Waals surface area contributed by atoms with E-state index >= 15 is 0 Å². The smallest absolute Gasteiger partial charge is 0.370 e. The van der Waals surface area contributed by atoms with E-state index in [4.69, 9.17) is 0 Å². The van der Waals surface area contributed by atoms with Crippen LogP contribution in [0.2, 0.25) is 0 Å². The molecule has 0 aromatic heterocycles. The Morgan fingerprint density at radius 3 is 1.35 bits per heavy atom. The maximum absolute atomic E-state index is 12.2. The highest BCUT2D eigenvalue weighted by atomic mass is 19.4. The molecule has 0 bridgehead atoms. The summed E-state index contributed by atoms with van der Waals surface area (Å²) in [5, 5.41) is 0. The number of alkyl halides is 9. The van der Waals surface area contributed by atoms with Crippen LogP contribution in [0.3, 0.4) is 0 Å². The molecule has 0 aliphatic rings. The SMILES string of the molecule is O=C(F)OC(F)(F)C(F)(F)C(F)(F)C(F)(F)F. The highest BCUT2D eigenvalue weighted by Gasteiger charge is 2.84. The molecular weight excluding hydrogens is 282 g/mol. The zero-order valence-corrected chi connectivity index (χ0v) is 7.10. The molecule has 102 valence electrons. The second-order valence-corrected chi connectivity index (χ2v) is 2.50. The van der Waals surface area contributed by atoms with Crippen LogP contribution >= 0.6 is 0 Å². The monoisotopic (exact) mass is 282 g/mol. The second kappa shape index (κ2) is 3.91. The average molecular weight is 282 g/mol. The molecule has 0 heterocycles. The molecule has 0 aliphatic heterocycles. The number of carbonyl (C=O) groups is 1. The fourth-order valence-corrected chi connectivity index (χ4v) is 0.526. The van der Waals surface area contributed by atoms with Crippen LogP contribution in [-0.4, -0.2) is 30.4 Å². The van der Waals surface area contributed by atoms with Crippen molar-refractivity contribution in [3.63, 3.8) is 0 Å². The normalized spacial score (nSPS) is 14.7. The van der Waals surface area contributed by atoms with Gasteiger partial charge in [-0.2, -0.15) is 39.5 Å². The average Bonchev–Trinajstić information content (AvgIpc) is 1.98. The lowest BCUT2D eigenvalue weighted by atomic mass is 10.1. The molecule has 0 spiro atoms. The van der Waals surface area contributed by atoms with Gasteiger partial charge in [-0.25, -0.2) is 4.79 Å². The zero-order valence-electron chi connectivity index (χ0n) is 7.10. The van der Waals surface area contributed by atoms with Gasteiger partial charge in [0.25, 0.3) is 0 Å². The molecule has 17 heavy (non-hydrogen) atoms. The van der Waals surface area contributed by atoms with Gasteiger partial charge in [0.1, 0.15) is 0 Å². The van der Waals surface area contributed by atoms with E-state index in [0.717, 1.165) is 0 Å². The minimum atomic E-state index is -7.22. The third-order valence-electron chi connectivity index (χ3n) is 1.32. The standard InChI is InChI=1S/C5F10O2/c6-1(16)17-5(14,15)3(9,10)2(7,8)4(11,12)13. The van der Waals surface area contributed by atoms with Gasteiger partial charge in [-0.05, 0) is 0 Å². The molecule has 0 saturated carbocycles. The lowest BCUT2D eigenvalue weighted by Crippen LogP contribution is -2.61. The van der Waals surface area contributed by atoms with Crippen LogP contribution in [-0.2, 0) is 4.74 Å². The van der Waals surface area contributed by atoms with Gasteiger partial charge in [0.05, 0.1) is 0 Å². The zero-order chi connectivity index (χ0) is 14.3. The van der Waals surface area contributed by atoms with Crippen molar-refractivity contribution in [2.24, 2.45) is 0 Å². The molecule has 0 N–H and O–H groups in total. The van der Waals surface area contributed by atoms with Gasteiger partial charge in [0.2, 0.25) is 0 Å². The van der Waals surface area contributed by atoms with E-state index in [-0.39, 0.29) is 0 Å². The number of ether oxygens (including phenoxy) is 1. The largest absolute Gasteiger partial charge is 0.500 e. The van der Waals surface area contributed by atoms with E-state index < -0.39 is 30.4 Å². The Morgan fingerprint density at radius 1 is 0.765 bits per heavy atom. The van der Waals surface area contributed by atoms with E-state index in [1.54, 1.807) is 0 Å². The molecular formula is C5F10O2. The first kappa shape index (κ1) is 15.8. The Labute approximate surface area is 85.1 Å². The highest BCUT2D eigenvalue weighted by molar-refractivity contribution is 5.58. The number of halogens is 10. The number of rotatable bonds is 3. The topological polar surface area (TPSA) is 26.3 Å². The van der Waals surface area contributed by atoms with Gasteiger partial charge in [0, 0.05) is 0 Å². The number of carbonyl (C=O) groups excluding carboxylic acids is 1. The summed E-state index contributed by atoms with van der Waals surface area (Å²) >= 11 is 0. The summed E-state index contributed by atoms with van der Waals surface area (Å²) in [7, 11) is 0. The molecule has 0 fully saturated rings. The molecule has 0 aromatic carbocycles. The van der Waals surface area contributed by atoms with Crippen LogP contribution in [0.15, 0.2) is 0 Å². The van der Waals surface area contributed by atoms with Crippen LogP contribution in [0.25, 0.3) is 0 Å². The Bertz CT molecular complexity index is 304. The molecule has 2 nitrogen and oxygen atoms in total. The summed E-state index contributed by atoms with van der Waals surface area (Å²) in [5.74, 6) is -14.4. The van der Waals surface area contributed by atoms with Crippen molar-refractivity contribution in [1.82, 2.24) is 0 Å². The molecule has 0 aliphatic carbocycles. The van der Waals surface area contributed by atoms with Crippen molar-refractivity contribution in [2.45, 2.75) is 24.1 Å². The first-order valence-corrected chi connectivity index (χ1v) is 3.25. The molecule has 0 rings (SSSR count).